The Labute approximate surface area is 181 Å². The summed E-state index contributed by atoms with van der Waals surface area (Å²) in [6.07, 6.45) is 0. The monoisotopic (exact) mass is 431 g/mol. The highest BCUT2D eigenvalue weighted by atomic mass is 35.5. The molecular weight excluding hydrogens is 413 g/mol. The number of hydrogen-bond acceptors (Lipinski definition) is 3. The van der Waals surface area contributed by atoms with Crippen molar-refractivity contribution in [1.82, 2.24) is 10.6 Å². The Balaban J connectivity index is 0.00000225. The van der Waals surface area contributed by atoms with Gasteiger partial charge in [0.2, 0.25) is 0 Å². The molecule has 0 aromatic heterocycles. The van der Waals surface area contributed by atoms with E-state index in [4.69, 9.17) is 28.2 Å². The molecule has 6 heteroatoms. The lowest BCUT2D eigenvalue weighted by molar-refractivity contribution is 0.570. The first-order valence-electron chi connectivity index (χ1n) is 8.83. The van der Waals surface area contributed by atoms with Crippen molar-refractivity contribution in [3.8, 4) is 0 Å². The summed E-state index contributed by atoms with van der Waals surface area (Å²) in [5, 5.41) is 8.30. The fraction of sp³-hybridized carbons (Fsp3) is 0.136. The first kappa shape index (κ1) is 20.5. The van der Waals surface area contributed by atoms with Crippen LogP contribution < -0.4 is 10.6 Å². The van der Waals surface area contributed by atoms with Gasteiger partial charge in [-0.05, 0) is 28.8 Å². The molecule has 3 aromatic rings. The maximum Gasteiger partial charge on any atom is 0.192 e. The summed E-state index contributed by atoms with van der Waals surface area (Å²) in [4.78, 5) is 4.88. The summed E-state index contributed by atoms with van der Waals surface area (Å²) in [5.41, 5.74) is 3.18. The fourth-order valence-electron chi connectivity index (χ4n) is 3.29. The van der Waals surface area contributed by atoms with Crippen molar-refractivity contribution in [1.29, 1.82) is 0 Å². The van der Waals surface area contributed by atoms with E-state index < -0.39 is 0 Å². The van der Waals surface area contributed by atoms with Crippen molar-refractivity contribution >= 4 is 41.6 Å². The normalized spacial score (nSPS) is 18.0. The van der Waals surface area contributed by atoms with Crippen LogP contribution in [-0.2, 0) is 6.54 Å². The maximum atomic E-state index is 6.47. The average molecular weight is 433 g/mol. The number of halogens is 3. The van der Waals surface area contributed by atoms with Crippen LogP contribution in [0.1, 0.15) is 28.8 Å². The molecule has 1 aliphatic rings. The highest BCUT2D eigenvalue weighted by Crippen LogP contribution is 2.40. The molecule has 0 aliphatic carbocycles. The minimum Gasteiger partial charge on any atom is -0.352 e. The van der Waals surface area contributed by atoms with E-state index in [1.165, 1.54) is 5.56 Å². The zero-order valence-corrected chi connectivity index (χ0v) is 17.3. The Hall–Kier alpha value is -2.20. The van der Waals surface area contributed by atoms with Crippen LogP contribution in [0.25, 0.3) is 0 Å². The molecule has 0 amide bonds. The number of nitrogens with one attached hydrogen (secondary N) is 2. The van der Waals surface area contributed by atoms with Gasteiger partial charge >= 0.3 is 0 Å². The Morgan fingerprint density at radius 3 is 2.00 bits per heavy atom. The summed E-state index contributed by atoms with van der Waals surface area (Å²) in [5.74, 6) is 0.744. The molecule has 1 heterocycles. The molecule has 1 aliphatic heterocycles. The van der Waals surface area contributed by atoms with Crippen LogP contribution in [-0.4, -0.2) is 5.96 Å². The first-order valence-corrected chi connectivity index (χ1v) is 9.59. The first-order chi connectivity index (χ1) is 13.2. The molecule has 0 bridgehead atoms. The minimum atomic E-state index is -0.156. The molecule has 2 unspecified atom stereocenters. The Kier molecular flexibility index (Phi) is 6.84. The number of hydrogen-bond donors (Lipinski definition) is 2. The summed E-state index contributed by atoms with van der Waals surface area (Å²) < 4.78 is 0. The summed E-state index contributed by atoms with van der Waals surface area (Å²) >= 11 is 12.9. The second-order valence-corrected chi connectivity index (χ2v) is 7.24. The summed E-state index contributed by atoms with van der Waals surface area (Å²) in [6.45, 7) is 0.692. The van der Waals surface area contributed by atoms with Gasteiger partial charge in [0.15, 0.2) is 5.96 Å². The van der Waals surface area contributed by atoms with E-state index in [-0.39, 0.29) is 24.5 Å². The standard InChI is InChI=1S/C22H19Cl2N3.ClH/c23-18-12-6-4-10-16(18)20-21(17-11-5-7-13-19(17)24)27-22(26-20)25-14-15-8-2-1-3-9-15;/h1-13,20-21H,14H2,(H2,25,26,27);1H. The third kappa shape index (κ3) is 4.44. The molecule has 0 radical (unpaired) electrons. The molecule has 0 fully saturated rings. The van der Waals surface area contributed by atoms with Crippen LogP contribution in [0.2, 0.25) is 10.0 Å². The predicted octanol–water partition coefficient (Wildman–Crippen LogP) is 5.95. The molecule has 3 aromatic carbocycles. The van der Waals surface area contributed by atoms with E-state index in [2.05, 4.69) is 22.8 Å². The quantitative estimate of drug-likeness (QED) is 0.534. The smallest absolute Gasteiger partial charge is 0.192 e. The Bertz CT molecular complexity index is 960. The van der Waals surface area contributed by atoms with E-state index in [0.29, 0.717) is 16.6 Å². The van der Waals surface area contributed by atoms with Crippen molar-refractivity contribution in [3.05, 3.63) is 106 Å². The molecule has 0 saturated heterocycles. The number of aliphatic imine (C=N–C) groups is 1. The number of guanidine groups is 1. The third-order valence-electron chi connectivity index (χ3n) is 4.64. The molecular formula is C22H20Cl3N3. The second kappa shape index (κ2) is 9.33. The van der Waals surface area contributed by atoms with E-state index in [1.807, 2.05) is 66.7 Å². The lowest BCUT2D eigenvalue weighted by Crippen LogP contribution is -2.35. The van der Waals surface area contributed by atoms with Gasteiger partial charge in [-0.1, -0.05) is 89.9 Å². The Morgan fingerprint density at radius 2 is 1.36 bits per heavy atom. The predicted molar refractivity (Wildman–Crippen MR) is 119 cm³/mol. The highest BCUT2D eigenvalue weighted by molar-refractivity contribution is 6.32. The van der Waals surface area contributed by atoms with Crippen LogP contribution >= 0.6 is 35.6 Å². The third-order valence-corrected chi connectivity index (χ3v) is 5.33. The van der Waals surface area contributed by atoms with Crippen LogP contribution in [0.5, 0.6) is 0 Å². The van der Waals surface area contributed by atoms with Crippen LogP contribution in [0.3, 0.4) is 0 Å². The van der Waals surface area contributed by atoms with Crippen molar-refractivity contribution in [3.63, 3.8) is 0 Å². The van der Waals surface area contributed by atoms with E-state index in [1.54, 1.807) is 0 Å². The molecule has 4 rings (SSSR count). The van der Waals surface area contributed by atoms with Crippen LogP contribution in [0.4, 0.5) is 0 Å². The number of rotatable bonds is 4. The van der Waals surface area contributed by atoms with Gasteiger partial charge < -0.3 is 10.6 Å². The van der Waals surface area contributed by atoms with E-state index in [9.17, 15) is 0 Å². The van der Waals surface area contributed by atoms with Gasteiger partial charge in [0, 0.05) is 16.6 Å². The van der Waals surface area contributed by atoms with Crippen molar-refractivity contribution in [2.75, 3.05) is 0 Å². The molecule has 0 saturated carbocycles. The molecule has 144 valence electrons. The SMILES string of the molecule is Cl.Clc1ccccc1C1N=C(NCc2ccccc2)NC1c1ccccc1Cl. The van der Waals surface area contributed by atoms with Gasteiger partial charge in [0.25, 0.3) is 0 Å². The van der Waals surface area contributed by atoms with Gasteiger partial charge in [0.05, 0.1) is 6.04 Å². The molecule has 2 N–H and O–H groups in total. The summed E-state index contributed by atoms with van der Waals surface area (Å²) in [7, 11) is 0. The van der Waals surface area contributed by atoms with Gasteiger partial charge in [-0.3, -0.25) is 0 Å². The zero-order valence-electron chi connectivity index (χ0n) is 15.0. The van der Waals surface area contributed by atoms with Gasteiger partial charge in [-0.15, -0.1) is 12.4 Å². The van der Waals surface area contributed by atoms with Crippen molar-refractivity contribution < 1.29 is 0 Å². The minimum absolute atomic E-state index is 0. The summed E-state index contributed by atoms with van der Waals surface area (Å²) in [6, 6.07) is 25.7. The number of benzene rings is 3. The van der Waals surface area contributed by atoms with E-state index >= 15 is 0 Å². The lowest BCUT2D eigenvalue weighted by atomic mass is 9.95. The van der Waals surface area contributed by atoms with Gasteiger partial charge in [-0.25, -0.2) is 4.99 Å². The highest BCUT2D eigenvalue weighted by Gasteiger charge is 2.33. The lowest BCUT2D eigenvalue weighted by Gasteiger charge is -2.21. The maximum absolute atomic E-state index is 6.47. The van der Waals surface area contributed by atoms with Crippen molar-refractivity contribution in [2.45, 2.75) is 18.6 Å². The van der Waals surface area contributed by atoms with Crippen LogP contribution in [0, 0.1) is 0 Å². The number of nitrogens with zero attached hydrogens (tertiary/aromatic N) is 1. The topological polar surface area (TPSA) is 36.4 Å². The second-order valence-electron chi connectivity index (χ2n) is 6.43. The fourth-order valence-corrected chi connectivity index (χ4v) is 3.80. The largest absolute Gasteiger partial charge is 0.352 e. The van der Waals surface area contributed by atoms with Gasteiger partial charge in [0.1, 0.15) is 6.04 Å². The Morgan fingerprint density at radius 1 is 0.786 bits per heavy atom. The van der Waals surface area contributed by atoms with Crippen molar-refractivity contribution in [2.24, 2.45) is 4.99 Å². The zero-order chi connectivity index (χ0) is 18.6. The molecule has 28 heavy (non-hydrogen) atoms. The average Bonchev–Trinajstić information content (AvgIpc) is 3.12. The van der Waals surface area contributed by atoms with Gasteiger partial charge in [-0.2, -0.15) is 0 Å². The molecule has 2 atom stereocenters. The van der Waals surface area contributed by atoms with Crippen LogP contribution in [0.15, 0.2) is 83.9 Å². The molecule has 0 spiro atoms. The molecule has 3 nitrogen and oxygen atoms in total. The van der Waals surface area contributed by atoms with E-state index in [0.717, 1.165) is 17.1 Å².